The van der Waals surface area contributed by atoms with Gasteiger partial charge in [-0.3, -0.25) is 9.59 Å². The number of amides is 1. The smallest absolute Gasteiger partial charge is 0.347 e. The SMILES string of the molecule is CCC(C)(C)c1ccc(OC(C(=O)Nc2ccc(Nc3ccccc3)c(C(=O)OC(C)=O)c2)C(C)C)c(C(C)(C)CC)c1. The highest BCUT2D eigenvalue weighted by Crippen LogP contribution is 2.39. The van der Waals surface area contributed by atoms with Gasteiger partial charge in [0.05, 0.1) is 11.3 Å². The van der Waals surface area contributed by atoms with Crippen molar-refractivity contribution in [3.63, 3.8) is 0 Å². The molecule has 0 saturated carbocycles. The van der Waals surface area contributed by atoms with Crippen LogP contribution in [0, 0.1) is 5.92 Å². The molecular weight excluding hydrogens is 540 g/mol. The summed E-state index contributed by atoms with van der Waals surface area (Å²) in [6.45, 7) is 18.2. The Balaban J connectivity index is 1.94. The molecule has 2 N–H and O–H groups in total. The zero-order chi connectivity index (χ0) is 31.9. The lowest BCUT2D eigenvalue weighted by Crippen LogP contribution is -2.38. The number of anilines is 3. The second-order valence-corrected chi connectivity index (χ2v) is 12.6. The molecule has 0 saturated heterocycles. The van der Waals surface area contributed by atoms with Crippen LogP contribution in [-0.2, 0) is 25.2 Å². The zero-order valence-corrected chi connectivity index (χ0v) is 27.0. The summed E-state index contributed by atoms with van der Waals surface area (Å²) in [6.07, 6.45) is 1.10. The van der Waals surface area contributed by atoms with Crippen LogP contribution in [0.1, 0.15) is 96.6 Å². The van der Waals surface area contributed by atoms with E-state index in [9.17, 15) is 14.4 Å². The minimum atomic E-state index is -0.819. The molecule has 0 fully saturated rings. The largest absolute Gasteiger partial charge is 0.480 e. The van der Waals surface area contributed by atoms with Gasteiger partial charge in [-0.25, -0.2) is 4.79 Å². The molecular formula is C36H46N2O5. The third-order valence-electron chi connectivity index (χ3n) is 8.17. The van der Waals surface area contributed by atoms with Crippen LogP contribution in [0.4, 0.5) is 17.1 Å². The summed E-state index contributed by atoms with van der Waals surface area (Å²) < 4.78 is 11.4. The number of esters is 2. The first-order valence-electron chi connectivity index (χ1n) is 15.0. The summed E-state index contributed by atoms with van der Waals surface area (Å²) in [4.78, 5) is 38.1. The molecule has 230 valence electrons. The highest BCUT2D eigenvalue weighted by molar-refractivity contribution is 6.03. The van der Waals surface area contributed by atoms with Crippen LogP contribution in [0.2, 0.25) is 0 Å². The molecule has 0 radical (unpaired) electrons. The first-order valence-corrected chi connectivity index (χ1v) is 15.0. The van der Waals surface area contributed by atoms with Crippen LogP contribution in [0.15, 0.2) is 66.7 Å². The molecule has 3 aromatic carbocycles. The van der Waals surface area contributed by atoms with Crippen LogP contribution < -0.4 is 15.4 Å². The molecule has 0 bridgehead atoms. The molecule has 7 nitrogen and oxygen atoms in total. The van der Waals surface area contributed by atoms with Crippen molar-refractivity contribution in [1.82, 2.24) is 0 Å². The average Bonchev–Trinajstić information content (AvgIpc) is 2.96. The second kappa shape index (κ2) is 13.9. The number of hydrogen-bond acceptors (Lipinski definition) is 6. The summed E-state index contributed by atoms with van der Waals surface area (Å²) in [6, 6.07) is 20.5. The number of nitrogens with one attached hydrogen (secondary N) is 2. The highest BCUT2D eigenvalue weighted by atomic mass is 16.6. The van der Waals surface area contributed by atoms with Crippen LogP contribution in [0.25, 0.3) is 0 Å². The van der Waals surface area contributed by atoms with Crippen LogP contribution in [0.5, 0.6) is 5.75 Å². The number of ether oxygens (including phenoxy) is 2. The van der Waals surface area contributed by atoms with Crippen LogP contribution in [-0.4, -0.2) is 23.9 Å². The van der Waals surface area contributed by atoms with Gasteiger partial charge in [0, 0.05) is 23.9 Å². The van der Waals surface area contributed by atoms with Crippen molar-refractivity contribution in [3.05, 3.63) is 83.4 Å². The third kappa shape index (κ3) is 8.46. The zero-order valence-electron chi connectivity index (χ0n) is 27.0. The predicted molar refractivity (Wildman–Crippen MR) is 173 cm³/mol. The van der Waals surface area contributed by atoms with Gasteiger partial charge in [-0.15, -0.1) is 0 Å². The van der Waals surface area contributed by atoms with E-state index in [0.717, 1.165) is 24.1 Å². The molecule has 43 heavy (non-hydrogen) atoms. The maximum Gasteiger partial charge on any atom is 0.347 e. The molecule has 0 spiro atoms. The maximum absolute atomic E-state index is 13.7. The maximum atomic E-state index is 13.7. The minimum Gasteiger partial charge on any atom is -0.480 e. The first-order chi connectivity index (χ1) is 20.2. The Bertz CT molecular complexity index is 1440. The van der Waals surface area contributed by atoms with Gasteiger partial charge in [-0.2, -0.15) is 0 Å². The molecule has 1 atom stereocenters. The lowest BCUT2D eigenvalue weighted by atomic mass is 9.76. The summed E-state index contributed by atoms with van der Waals surface area (Å²) in [5.74, 6) is -1.35. The van der Waals surface area contributed by atoms with Crippen LogP contribution in [0.3, 0.4) is 0 Å². The van der Waals surface area contributed by atoms with E-state index >= 15 is 0 Å². The summed E-state index contributed by atoms with van der Waals surface area (Å²) in [7, 11) is 0. The van der Waals surface area contributed by atoms with Crippen molar-refractivity contribution in [2.75, 3.05) is 10.6 Å². The average molecular weight is 587 g/mol. The third-order valence-corrected chi connectivity index (χ3v) is 8.17. The Kier molecular flexibility index (Phi) is 10.8. The topological polar surface area (TPSA) is 93.7 Å². The van der Waals surface area contributed by atoms with E-state index in [-0.39, 0.29) is 28.2 Å². The van der Waals surface area contributed by atoms with E-state index in [1.54, 1.807) is 12.1 Å². The van der Waals surface area contributed by atoms with E-state index in [1.807, 2.05) is 50.2 Å². The van der Waals surface area contributed by atoms with Gasteiger partial charge in [0.15, 0.2) is 6.10 Å². The van der Waals surface area contributed by atoms with Crippen molar-refractivity contribution in [2.45, 2.75) is 92.1 Å². The van der Waals surface area contributed by atoms with Crippen molar-refractivity contribution in [1.29, 1.82) is 0 Å². The number of carbonyl (C=O) groups excluding carboxylic acids is 3. The van der Waals surface area contributed by atoms with Gasteiger partial charge in [-0.05, 0) is 71.6 Å². The number of carbonyl (C=O) groups is 3. The van der Waals surface area contributed by atoms with Gasteiger partial charge < -0.3 is 20.1 Å². The Morgan fingerprint density at radius 3 is 2.05 bits per heavy atom. The van der Waals surface area contributed by atoms with Gasteiger partial charge in [0.25, 0.3) is 5.91 Å². The number of rotatable bonds is 12. The predicted octanol–water partition coefficient (Wildman–Crippen LogP) is 8.55. The Morgan fingerprint density at radius 1 is 0.814 bits per heavy atom. The van der Waals surface area contributed by atoms with E-state index in [2.05, 4.69) is 64.3 Å². The normalized spacial score (nSPS) is 12.4. The Morgan fingerprint density at radius 2 is 1.47 bits per heavy atom. The Labute approximate surface area is 256 Å². The summed E-state index contributed by atoms with van der Waals surface area (Å²) in [5.41, 5.74) is 3.83. The lowest BCUT2D eigenvalue weighted by molar-refractivity contribution is -0.135. The quantitative estimate of drug-likeness (QED) is 0.163. The highest BCUT2D eigenvalue weighted by Gasteiger charge is 2.31. The minimum absolute atomic E-state index is 0.00863. The van der Waals surface area contributed by atoms with E-state index in [0.29, 0.717) is 17.1 Å². The van der Waals surface area contributed by atoms with Gasteiger partial charge >= 0.3 is 11.9 Å². The molecule has 3 rings (SSSR count). The summed E-state index contributed by atoms with van der Waals surface area (Å²) in [5, 5.41) is 6.09. The monoisotopic (exact) mass is 586 g/mol. The fourth-order valence-electron chi connectivity index (χ4n) is 4.58. The molecule has 0 aromatic heterocycles. The number of para-hydroxylation sites is 1. The fourth-order valence-corrected chi connectivity index (χ4v) is 4.58. The molecule has 7 heteroatoms. The van der Waals surface area contributed by atoms with E-state index in [4.69, 9.17) is 9.47 Å². The number of hydrogen-bond donors (Lipinski definition) is 2. The molecule has 1 unspecified atom stereocenters. The molecule has 1 amide bonds. The van der Waals surface area contributed by atoms with Gasteiger partial charge in [-0.1, -0.05) is 85.7 Å². The molecule has 3 aromatic rings. The van der Waals surface area contributed by atoms with Crippen molar-refractivity contribution in [2.24, 2.45) is 5.92 Å². The first kappa shape index (κ1) is 33.4. The molecule has 0 aliphatic carbocycles. The fraction of sp³-hybridized carbons (Fsp3) is 0.417. The standard InChI is InChI=1S/C36H46N2O5/c1-10-35(6,7)25-17-20-31(29(21-25)36(8,9)11-2)43-32(23(3)4)33(40)38-27-18-19-30(37-26-15-13-12-14-16-26)28(22-27)34(41)42-24(5)39/h12-23,32,37H,10-11H2,1-9H3,(H,38,40). The van der Waals surface area contributed by atoms with Crippen molar-refractivity contribution < 1.29 is 23.9 Å². The lowest BCUT2D eigenvalue weighted by Gasteiger charge is -2.32. The van der Waals surface area contributed by atoms with Gasteiger partial charge in [0.2, 0.25) is 0 Å². The van der Waals surface area contributed by atoms with E-state index < -0.39 is 18.0 Å². The summed E-state index contributed by atoms with van der Waals surface area (Å²) >= 11 is 0. The molecule has 0 aliphatic heterocycles. The van der Waals surface area contributed by atoms with Gasteiger partial charge in [0.1, 0.15) is 5.75 Å². The second-order valence-electron chi connectivity index (χ2n) is 12.6. The Hall–Kier alpha value is -4.13. The van der Waals surface area contributed by atoms with Crippen LogP contribution >= 0.6 is 0 Å². The molecule has 0 aliphatic rings. The van der Waals surface area contributed by atoms with Crippen molar-refractivity contribution in [3.8, 4) is 5.75 Å². The van der Waals surface area contributed by atoms with Crippen molar-refractivity contribution >= 4 is 34.9 Å². The van der Waals surface area contributed by atoms with E-state index in [1.165, 1.54) is 18.6 Å². The molecule has 0 heterocycles. The number of benzene rings is 3.